The molecule has 2 heterocycles. The van der Waals surface area contributed by atoms with Gasteiger partial charge in [0, 0.05) is 36.6 Å². The lowest BCUT2D eigenvalue weighted by Crippen LogP contribution is -2.25. The predicted octanol–water partition coefficient (Wildman–Crippen LogP) is 4.46. The Morgan fingerprint density at radius 3 is 2.55 bits per heavy atom. The van der Waals surface area contributed by atoms with E-state index >= 15 is 0 Å². The van der Waals surface area contributed by atoms with Gasteiger partial charge in [0.1, 0.15) is 0 Å². The molecular formula is C24H26N4O2S. The van der Waals surface area contributed by atoms with E-state index in [0.29, 0.717) is 29.7 Å². The molecule has 0 radical (unpaired) electrons. The van der Waals surface area contributed by atoms with Crippen LogP contribution in [0.5, 0.6) is 0 Å². The van der Waals surface area contributed by atoms with E-state index in [9.17, 15) is 9.59 Å². The molecule has 160 valence electrons. The molecule has 3 N–H and O–H groups in total. The zero-order chi connectivity index (χ0) is 21.6. The average Bonchev–Trinajstić information content (AvgIpc) is 3.19. The molecule has 4 rings (SSSR count). The number of nitrogens with zero attached hydrogens (tertiary/aromatic N) is 1. The van der Waals surface area contributed by atoms with Gasteiger partial charge in [0.15, 0.2) is 4.77 Å². The molecule has 31 heavy (non-hydrogen) atoms. The summed E-state index contributed by atoms with van der Waals surface area (Å²) in [5.74, 6) is 0.0694. The zero-order valence-electron chi connectivity index (χ0n) is 17.3. The monoisotopic (exact) mass is 434 g/mol. The quantitative estimate of drug-likeness (QED) is 0.269. The molecule has 0 spiro atoms. The number of fused-ring (bicyclic) bond motifs is 2. The number of nitrogens with one attached hydrogen (secondary N) is 3. The Hall–Kier alpha value is -3.19. The highest BCUT2D eigenvalue weighted by atomic mass is 32.1. The van der Waals surface area contributed by atoms with Crippen LogP contribution in [-0.2, 0) is 17.8 Å². The molecule has 1 amide bonds. The smallest absolute Gasteiger partial charge is 0.262 e. The van der Waals surface area contributed by atoms with Gasteiger partial charge in [0.05, 0.1) is 10.9 Å². The van der Waals surface area contributed by atoms with E-state index < -0.39 is 0 Å². The minimum Gasteiger partial charge on any atom is -0.361 e. The zero-order valence-corrected chi connectivity index (χ0v) is 18.1. The van der Waals surface area contributed by atoms with Crippen LogP contribution in [0.4, 0.5) is 0 Å². The van der Waals surface area contributed by atoms with Crippen LogP contribution in [0, 0.1) is 4.77 Å². The molecule has 4 aromatic rings. The summed E-state index contributed by atoms with van der Waals surface area (Å²) in [6.45, 7) is 1.18. The number of aromatic amines is 2. The summed E-state index contributed by atoms with van der Waals surface area (Å²) in [5, 5.41) is 4.85. The highest BCUT2D eigenvalue weighted by Gasteiger charge is 2.07. The van der Waals surface area contributed by atoms with Crippen molar-refractivity contribution in [1.29, 1.82) is 0 Å². The number of carbonyl (C=O) groups is 1. The van der Waals surface area contributed by atoms with Crippen molar-refractivity contribution in [2.24, 2.45) is 0 Å². The fourth-order valence-corrected chi connectivity index (χ4v) is 4.18. The average molecular weight is 435 g/mol. The van der Waals surface area contributed by atoms with E-state index in [-0.39, 0.29) is 11.5 Å². The third kappa shape index (κ3) is 4.94. The number of rotatable bonds is 9. The van der Waals surface area contributed by atoms with Crippen LogP contribution in [0.25, 0.3) is 21.8 Å². The van der Waals surface area contributed by atoms with Crippen molar-refractivity contribution in [3.8, 4) is 0 Å². The topological polar surface area (TPSA) is 82.7 Å². The van der Waals surface area contributed by atoms with Crippen molar-refractivity contribution in [3.63, 3.8) is 0 Å². The molecule has 0 aliphatic rings. The highest BCUT2D eigenvalue weighted by Crippen LogP contribution is 2.17. The fourth-order valence-electron chi connectivity index (χ4n) is 3.90. The number of hydrogen-bond acceptors (Lipinski definition) is 3. The van der Waals surface area contributed by atoms with Crippen LogP contribution >= 0.6 is 12.2 Å². The summed E-state index contributed by atoms with van der Waals surface area (Å²) >= 11 is 5.34. The van der Waals surface area contributed by atoms with Gasteiger partial charge in [-0.25, -0.2) is 0 Å². The summed E-state index contributed by atoms with van der Waals surface area (Å²) in [7, 11) is 0. The van der Waals surface area contributed by atoms with Crippen molar-refractivity contribution in [2.75, 3.05) is 6.54 Å². The van der Waals surface area contributed by atoms with Gasteiger partial charge in [-0.1, -0.05) is 36.8 Å². The normalized spacial score (nSPS) is 11.2. The lowest BCUT2D eigenvalue weighted by atomic mass is 10.1. The second-order valence-corrected chi connectivity index (χ2v) is 8.09. The standard InChI is InChI=1S/C24H26N4O2S/c29-22(25-14-13-17-16-26-20-10-5-3-8-18(17)20)12-2-1-7-15-28-23(30)19-9-4-6-11-21(19)27-24(28)31/h3-6,8-11,16,26H,1-2,7,12-15H2,(H,25,29)(H,27,31). The van der Waals surface area contributed by atoms with Crippen molar-refractivity contribution < 1.29 is 4.79 Å². The number of hydrogen-bond donors (Lipinski definition) is 3. The fraction of sp³-hybridized carbons (Fsp3) is 0.292. The molecule has 2 aromatic carbocycles. The minimum atomic E-state index is -0.0608. The molecule has 0 aliphatic heterocycles. The van der Waals surface area contributed by atoms with Crippen molar-refractivity contribution in [3.05, 3.63) is 75.4 Å². The largest absolute Gasteiger partial charge is 0.361 e. The molecule has 0 unspecified atom stereocenters. The molecule has 7 heteroatoms. The Kier molecular flexibility index (Phi) is 6.62. The highest BCUT2D eigenvalue weighted by molar-refractivity contribution is 7.71. The molecule has 6 nitrogen and oxygen atoms in total. The second kappa shape index (κ2) is 9.75. The first-order valence-electron chi connectivity index (χ1n) is 10.7. The molecule has 2 aromatic heterocycles. The molecular weight excluding hydrogens is 408 g/mol. The van der Waals surface area contributed by atoms with Gasteiger partial charge in [-0.3, -0.25) is 14.2 Å². The Bertz CT molecular complexity index is 1320. The van der Waals surface area contributed by atoms with E-state index in [2.05, 4.69) is 27.4 Å². The lowest BCUT2D eigenvalue weighted by Gasteiger charge is -2.08. The van der Waals surface area contributed by atoms with Gasteiger partial charge in [-0.2, -0.15) is 0 Å². The van der Waals surface area contributed by atoms with Gasteiger partial charge in [-0.05, 0) is 55.2 Å². The summed E-state index contributed by atoms with van der Waals surface area (Å²) in [4.78, 5) is 31.1. The van der Waals surface area contributed by atoms with E-state index in [1.165, 1.54) is 10.9 Å². The summed E-state index contributed by atoms with van der Waals surface area (Å²) in [6.07, 6.45) is 5.77. The van der Waals surface area contributed by atoms with Gasteiger partial charge >= 0.3 is 0 Å². The number of carbonyl (C=O) groups excluding carboxylic acids is 1. The Morgan fingerprint density at radius 1 is 0.968 bits per heavy atom. The third-order valence-electron chi connectivity index (χ3n) is 5.57. The maximum atomic E-state index is 12.6. The summed E-state index contributed by atoms with van der Waals surface area (Å²) < 4.78 is 2.05. The Labute approximate surface area is 185 Å². The SMILES string of the molecule is O=C(CCCCCn1c(=S)[nH]c2ccccc2c1=O)NCCc1c[nH]c2ccccc12. The van der Waals surface area contributed by atoms with Crippen LogP contribution in [0.15, 0.2) is 59.5 Å². The second-order valence-electron chi connectivity index (χ2n) is 7.70. The number of aromatic nitrogens is 3. The van der Waals surface area contributed by atoms with Crippen molar-refractivity contribution in [2.45, 2.75) is 38.6 Å². The number of amides is 1. The maximum absolute atomic E-state index is 12.6. The molecule has 0 bridgehead atoms. The van der Waals surface area contributed by atoms with Crippen molar-refractivity contribution >= 4 is 39.9 Å². The Balaban J connectivity index is 1.19. The van der Waals surface area contributed by atoms with E-state index in [1.807, 2.05) is 36.5 Å². The van der Waals surface area contributed by atoms with Gasteiger partial charge < -0.3 is 15.3 Å². The first-order chi connectivity index (χ1) is 15.1. The van der Waals surface area contributed by atoms with Crippen molar-refractivity contribution in [1.82, 2.24) is 19.9 Å². The van der Waals surface area contributed by atoms with Crippen LogP contribution in [-0.4, -0.2) is 27.0 Å². The summed E-state index contributed by atoms with van der Waals surface area (Å²) in [5.41, 5.74) is 3.04. The molecule has 0 saturated carbocycles. The Morgan fingerprint density at radius 2 is 1.71 bits per heavy atom. The number of H-pyrrole nitrogens is 2. The van der Waals surface area contributed by atoms with Gasteiger partial charge in [-0.15, -0.1) is 0 Å². The molecule has 0 aliphatic carbocycles. The van der Waals surface area contributed by atoms with Gasteiger partial charge in [0.2, 0.25) is 5.91 Å². The molecule has 0 saturated heterocycles. The minimum absolute atomic E-state index is 0.0608. The van der Waals surface area contributed by atoms with Gasteiger partial charge in [0.25, 0.3) is 5.56 Å². The number of benzene rings is 2. The third-order valence-corrected chi connectivity index (χ3v) is 5.89. The molecule has 0 fully saturated rings. The van der Waals surface area contributed by atoms with Crippen LogP contribution in [0.2, 0.25) is 0 Å². The summed E-state index contributed by atoms with van der Waals surface area (Å²) in [6, 6.07) is 15.6. The van der Waals surface area contributed by atoms with E-state index in [0.717, 1.165) is 36.7 Å². The van der Waals surface area contributed by atoms with Crippen LogP contribution in [0.3, 0.4) is 0 Å². The lowest BCUT2D eigenvalue weighted by molar-refractivity contribution is -0.121. The number of unbranched alkanes of at least 4 members (excludes halogenated alkanes) is 2. The van der Waals surface area contributed by atoms with Crippen LogP contribution < -0.4 is 10.9 Å². The predicted molar refractivity (Wildman–Crippen MR) is 127 cm³/mol. The van der Waals surface area contributed by atoms with Crippen LogP contribution in [0.1, 0.15) is 31.2 Å². The van der Waals surface area contributed by atoms with E-state index in [1.54, 1.807) is 10.6 Å². The number of para-hydroxylation sites is 2. The first-order valence-corrected chi connectivity index (χ1v) is 11.1. The first kappa shape index (κ1) is 21.1. The van der Waals surface area contributed by atoms with E-state index in [4.69, 9.17) is 12.2 Å². The maximum Gasteiger partial charge on any atom is 0.262 e. The molecule has 0 atom stereocenters.